The Hall–Kier alpha value is 0.310. The highest BCUT2D eigenvalue weighted by Gasteiger charge is 2.52. The summed E-state index contributed by atoms with van der Waals surface area (Å²) in [5.41, 5.74) is 0. The third-order valence-electron chi connectivity index (χ3n) is 4.19. The number of rotatable bonds is 0. The molecule has 2 bridgehead atoms. The molecule has 2 aliphatic carbocycles. The molecule has 1 N–H and O–H groups in total. The molecular formula is C11H19NS. The summed E-state index contributed by atoms with van der Waals surface area (Å²) < 4.78 is 0. The highest BCUT2D eigenvalue weighted by atomic mass is 32.2. The number of hydrogen-bond donors (Lipinski definition) is 1. The molecule has 4 atom stereocenters. The predicted molar refractivity (Wildman–Crippen MR) is 57.9 cm³/mol. The van der Waals surface area contributed by atoms with E-state index in [9.17, 15) is 0 Å². The Kier molecular flexibility index (Phi) is 1.92. The van der Waals surface area contributed by atoms with E-state index in [1.54, 1.807) is 0 Å². The molecule has 1 saturated heterocycles. The Labute approximate surface area is 85.0 Å². The van der Waals surface area contributed by atoms with Gasteiger partial charge in [0, 0.05) is 6.04 Å². The predicted octanol–water partition coefficient (Wildman–Crippen LogP) is 2.62. The van der Waals surface area contributed by atoms with Crippen molar-refractivity contribution < 1.29 is 0 Å². The van der Waals surface area contributed by atoms with Gasteiger partial charge in [0.1, 0.15) is 0 Å². The molecule has 1 aliphatic heterocycles. The Balaban J connectivity index is 1.81. The molecule has 4 unspecified atom stereocenters. The van der Waals surface area contributed by atoms with Crippen LogP contribution >= 0.6 is 11.8 Å². The van der Waals surface area contributed by atoms with Crippen molar-refractivity contribution in [1.82, 2.24) is 5.32 Å². The maximum absolute atomic E-state index is 3.89. The highest BCUT2D eigenvalue weighted by Crippen LogP contribution is 2.56. The van der Waals surface area contributed by atoms with Crippen molar-refractivity contribution in [3.63, 3.8) is 0 Å². The monoisotopic (exact) mass is 197 g/mol. The van der Waals surface area contributed by atoms with E-state index in [-0.39, 0.29) is 0 Å². The first-order valence-corrected chi connectivity index (χ1v) is 6.69. The van der Waals surface area contributed by atoms with Crippen LogP contribution in [0.2, 0.25) is 0 Å². The van der Waals surface area contributed by atoms with Crippen LogP contribution in [0.3, 0.4) is 0 Å². The van der Waals surface area contributed by atoms with Crippen LogP contribution in [0.1, 0.15) is 39.0 Å². The van der Waals surface area contributed by atoms with Gasteiger partial charge in [0.2, 0.25) is 0 Å². The van der Waals surface area contributed by atoms with Gasteiger partial charge in [-0.2, -0.15) is 0 Å². The van der Waals surface area contributed by atoms with E-state index in [1.807, 2.05) is 0 Å². The minimum absolute atomic E-state index is 0.528. The molecular weight excluding hydrogens is 178 g/mol. The lowest BCUT2D eigenvalue weighted by atomic mass is 9.93. The van der Waals surface area contributed by atoms with E-state index in [4.69, 9.17) is 0 Å². The van der Waals surface area contributed by atoms with E-state index < -0.39 is 0 Å². The summed E-state index contributed by atoms with van der Waals surface area (Å²) in [6, 6.07) is 0.764. The molecule has 0 aromatic rings. The van der Waals surface area contributed by atoms with Crippen molar-refractivity contribution >= 4 is 11.8 Å². The van der Waals surface area contributed by atoms with Crippen LogP contribution in [0.25, 0.3) is 0 Å². The van der Waals surface area contributed by atoms with Crippen molar-refractivity contribution in [2.75, 3.05) is 5.75 Å². The van der Waals surface area contributed by atoms with Gasteiger partial charge in [0.25, 0.3) is 0 Å². The van der Waals surface area contributed by atoms with E-state index in [0.29, 0.717) is 4.87 Å². The molecule has 13 heavy (non-hydrogen) atoms. The van der Waals surface area contributed by atoms with Crippen LogP contribution in [0, 0.1) is 11.8 Å². The topological polar surface area (TPSA) is 12.0 Å². The molecule has 3 rings (SSSR count). The molecule has 2 heteroatoms. The SMILES string of the molecule is CC1CCSC2(CC3CCC2C3)N1. The van der Waals surface area contributed by atoms with Gasteiger partial charge in [-0.3, -0.25) is 0 Å². The van der Waals surface area contributed by atoms with Gasteiger partial charge in [-0.1, -0.05) is 0 Å². The quantitative estimate of drug-likeness (QED) is 0.640. The molecule has 1 spiro atoms. The number of fused-ring (bicyclic) bond motifs is 3. The van der Waals surface area contributed by atoms with Crippen LogP contribution in [0.15, 0.2) is 0 Å². The molecule has 0 aromatic carbocycles. The maximum atomic E-state index is 3.89. The molecule has 2 saturated carbocycles. The lowest BCUT2D eigenvalue weighted by molar-refractivity contribution is 0.278. The zero-order chi connectivity index (χ0) is 8.89. The molecule has 1 nitrogen and oxygen atoms in total. The summed E-state index contributed by atoms with van der Waals surface area (Å²) in [6.45, 7) is 2.35. The van der Waals surface area contributed by atoms with Crippen molar-refractivity contribution in [3.8, 4) is 0 Å². The Morgan fingerprint density at radius 1 is 1.31 bits per heavy atom. The minimum atomic E-state index is 0.528. The Morgan fingerprint density at radius 3 is 2.85 bits per heavy atom. The smallest absolute Gasteiger partial charge is 0.0678 e. The first kappa shape index (κ1) is 8.60. The van der Waals surface area contributed by atoms with Crippen LogP contribution in [0.5, 0.6) is 0 Å². The van der Waals surface area contributed by atoms with E-state index in [2.05, 4.69) is 24.0 Å². The molecule has 0 amide bonds. The lowest BCUT2D eigenvalue weighted by Gasteiger charge is -2.44. The third-order valence-corrected chi connectivity index (χ3v) is 5.77. The fraction of sp³-hybridized carbons (Fsp3) is 1.00. The van der Waals surface area contributed by atoms with Gasteiger partial charge in [-0.15, -0.1) is 11.8 Å². The summed E-state index contributed by atoms with van der Waals surface area (Å²) in [7, 11) is 0. The van der Waals surface area contributed by atoms with Gasteiger partial charge >= 0.3 is 0 Å². The molecule has 0 aromatic heterocycles. The first-order chi connectivity index (χ1) is 6.28. The van der Waals surface area contributed by atoms with E-state index in [1.165, 1.54) is 37.9 Å². The van der Waals surface area contributed by atoms with Gasteiger partial charge in [-0.25, -0.2) is 0 Å². The van der Waals surface area contributed by atoms with Crippen LogP contribution in [-0.2, 0) is 0 Å². The second-order valence-corrected chi connectivity index (χ2v) is 6.58. The average molecular weight is 197 g/mol. The van der Waals surface area contributed by atoms with E-state index in [0.717, 1.165) is 17.9 Å². The van der Waals surface area contributed by atoms with Gasteiger partial charge < -0.3 is 5.32 Å². The van der Waals surface area contributed by atoms with Crippen molar-refractivity contribution in [2.24, 2.45) is 11.8 Å². The fourth-order valence-corrected chi connectivity index (χ4v) is 5.51. The maximum Gasteiger partial charge on any atom is 0.0678 e. The summed E-state index contributed by atoms with van der Waals surface area (Å²) >= 11 is 2.23. The number of nitrogens with one attached hydrogen (secondary N) is 1. The zero-order valence-electron chi connectivity index (χ0n) is 8.38. The van der Waals surface area contributed by atoms with Crippen LogP contribution in [-0.4, -0.2) is 16.7 Å². The average Bonchev–Trinajstić information content (AvgIpc) is 2.63. The molecule has 74 valence electrons. The Morgan fingerprint density at radius 2 is 2.23 bits per heavy atom. The summed E-state index contributed by atoms with van der Waals surface area (Å²) in [6.07, 6.45) is 7.36. The molecule has 0 radical (unpaired) electrons. The normalized spacial score (nSPS) is 54.7. The Bertz CT molecular complexity index is 218. The van der Waals surface area contributed by atoms with Gasteiger partial charge in [0.05, 0.1) is 4.87 Å². The van der Waals surface area contributed by atoms with Gasteiger partial charge in [0.15, 0.2) is 0 Å². The lowest BCUT2D eigenvalue weighted by Crippen LogP contribution is -2.53. The van der Waals surface area contributed by atoms with Crippen molar-refractivity contribution in [1.29, 1.82) is 0 Å². The minimum Gasteiger partial charge on any atom is -0.300 e. The largest absolute Gasteiger partial charge is 0.300 e. The zero-order valence-corrected chi connectivity index (χ0v) is 9.20. The van der Waals surface area contributed by atoms with Gasteiger partial charge in [-0.05, 0) is 56.6 Å². The third kappa shape index (κ3) is 1.25. The highest BCUT2D eigenvalue weighted by molar-refractivity contribution is 8.00. The molecule has 3 aliphatic rings. The molecule has 3 fully saturated rings. The molecule has 1 heterocycles. The van der Waals surface area contributed by atoms with Crippen LogP contribution < -0.4 is 5.32 Å². The second kappa shape index (κ2) is 2.90. The summed E-state index contributed by atoms with van der Waals surface area (Å²) in [5, 5.41) is 3.89. The standard InChI is InChI=1S/C11H19NS/c1-8-4-5-13-11(12-8)7-9-2-3-10(11)6-9/h8-10,12H,2-7H2,1H3. The summed E-state index contributed by atoms with van der Waals surface area (Å²) in [5.74, 6) is 3.46. The fourth-order valence-electron chi connectivity index (χ4n) is 3.58. The number of hydrogen-bond acceptors (Lipinski definition) is 2. The second-order valence-electron chi connectivity index (χ2n) is 5.15. The summed E-state index contributed by atoms with van der Waals surface area (Å²) in [4.78, 5) is 0.528. The van der Waals surface area contributed by atoms with Crippen LogP contribution in [0.4, 0.5) is 0 Å². The van der Waals surface area contributed by atoms with E-state index >= 15 is 0 Å². The first-order valence-electron chi connectivity index (χ1n) is 5.70. The van der Waals surface area contributed by atoms with Crippen molar-refractivity contribution in [2.45, 2.75) is 49.9 Å². The van der Waals surface area contributed by atoms with Crippen molar-refractivity contribution in [3.05, 3.63) is 0 Å². The number of thioether (sulfide) groups is 1.